The van der Waals surface area contributed by atoms with Crippen LogP contribution in [0.5, 0.6) is 0 Å². The largest absolute Gasteiger partial charge is 0.314 e. The zero-order valence-electron chi connectivity index (χ0n) is 12.7. The van der Waals surface area contributed by atoms with E-state index in [2.05, 4.69) is 35.9 Å². The molecule has 1 N–H and O–H groups in total. The third-order valence-corrected chi connectivity index (χ3v) is 4.29. The van der Waals surface area contributed by atoms with Crippen LogP contribution in [0.1, 0.15) is 40.0 Å². The maximum absolute atomic E-state index is 3.58. The second-order valence-corrected chi connectivity index (χ2v) is 5.47. The molecule has 0 unspecified atom stereocenters. The quantitative estimate of drug-likeness (QED) is 0.570. The van der Waals surface area contributed by atoms with Crippen molar-refractivity contribution >= 4 is 0 Å². The predicted octanol–water partition coefficient (Wildman–Crippen LogP) is 2.04. The first kappa shape index (κ1) is 15.9. The van der Waals surface area contributed by atoms with E-state index in [1.807, 2.05) is 0 Å². The fourth-order valence-electron chi connectivity index (χ4n) is 2.56. The van der Waals surface area contributed by atoms with Crippen molar-refractivity contribution in [2.45, 2.75) is 40.0 Å². The van der Waals surface area contributed by atoms with Gasteiger partial charge in [-0.05, 0) is 38.4 Å². The highest BCUT2D eigenvalue weighted by Gasteiger charge is 2.19. The van der Waals surface area contributed by atoms with Crippen molar-refractivity contribution in [3.05, 3.63) is 0 Å². The summed E-state index contributed by atoms with van der Waals surface area (Å²) in [6.45, 7) is 16.3. The van der Waals surface area contributed by atoms with Crippen molar-refractivity contribution in [1.82, 2.24) is 15.1 Å². The molecule has 0 heterocycles. The highest BCUT2D eigenvalue weighted by atomic mass is 15.2. The van der Waals surface area contributed by atoms with E-state index in [1.165, 1.54) is 58.5 Å². The molecular weight excluding hydrogens is 222 g/mol. The Kier molecular flexibility index (Phi) is 8.64. The molecule has 108 valence electrons. The van der Waals surface area contributed by atoms with Crippen LogP contribution in [0.25, 0.3) is 0 Å². The van der Waals surface area contributed by atoms with Crippen LogP contribution in [-0.2, 0) is 0 Å². The normalized spacial score (nSPS) is 16.5. The van der Waals surface area contributed by atoms with Gasteiger partial charge in [-0.3, -0.25) is 0 Å². The smallest absolute Gasteiger partial charge is 0.0107 e. The molecule has 3 heteroatoms. The van der Waals surface area contributed by atoms with Crippen LogP contribution in [-0.4, -0.2) is 62.2 Å². The minimum Gasteiger partial charge on any atom is -0.314 e. The number of nitrogens with zero attached hydrogens (tertiary/aromatic N) is 2. The monoisotopic (exact) mass is 255 g/mol. The Morgan fingerprint density at radius 1 is 0.889 bits per heavy atom. The molecule has 0 aromatic rings. The van der Waals surface area contributed by atoms with Gasteiger partial charge in [-0.1, -0.05) is 27.2 Å². The molecule has 0 spiro atoms. The Morgan fingerprint density at radius 3 is 1.89 bits per heavy atom. The van der Waals surface area contributed by atoms with E-state index in [9.17, 15) is 0 Å². The molecule has 0 aromatic carbocycles. The molecule has 1 aliphatic rings. The topological polar surface area (TPSA) is 18.5 Å². The lowest BCUT2D eigenvalue weighted by molar-refractivity contribution is 0.184. The highest BCUT2D eigenvalue weighted by molar-refractivity contribution is 4.73. The van der Waals surface area contributed by atoms with E-state index in [1.54, 1.807) is 0 Å². The van der Waals surface area contributed by atoms with Crippen LogP contribution in [0.15, 0.2) is 0 Å². The summed E-state index contributed by atoms with van der Waals surface area (Å²) in [5, 5.41) is 3.58. The summed E-state index contributed by atoms with van der Waals surface area (Å²) in [5.41, 5.74) is 0. The Hall–Kier alpha value is -0.120. The minimum atomic E-state index is 1.00. The molecule has 0 aromatic heterocycles. The molecule has 0 bridgehead atoms. The molecule has 0 aliphatic heterocycles. The zero-order valence-corrected chi connectivity index (χ0v) is 12.7. The van der Waals surface area contributed by atoms with Crippen molar-refractivity contribution in [3.63, 3.8) is 0 Å². The molecule has 1 saturated carbocycles. The van der Waals surface area contributed by atoms with Crippen LogP contribution in [0, 0.1) is 5.92 Å². The van der Waals surface area contributed by atoms with E-state index in [-0.39, 0.29) is 0 Å². The van der Waals surface area contributed by atoms with Crippen LogP contribution in [0.4, 0.5) is 0 Å². The Bertz CT molecular complexity index is 188. The third-order valence-electron chi connectivity index (χ3n) is 4.29. The molecule has 0 saturated heterocycles. The summed E-state index contributed by atoms with van der Waals surface area (Å²) in [5.74, 6) is 1.00. The summed E-state index contributed by atoms with van der Waals surface area (Å²) in [4.78, 5) is 5.08. The third kappa shape index (κ3) is 6.17. The van der Waals surface area contributed by atoms with Gasteiger partial charge in [0.1, 0.15) is 0 Å². The van der Waals surface area contributed by atoms with Crippen molar-refractivity contribution in [1.29, 1.82) is 0 Å². The van der Waals surface area contributed by atoms with Crippen molar-refractivity contribution < 1.29 is 0 Å². The van der Waals surface area contributed by atoms with Gasteiger partial charge in [0.2, 0.25) is 0 Å². The number of rotatable bonds is 11. The molecule has 1 rings (SSSR count). The second-order valence-electron chi connectivity index (χ2n) is 5.47. The van der Waals surface area contributed by atoms with Gasteiger partial charge in [0.25, 0.3) is 0 Å². The van der Waals surface area contributed by atoms with Gasteiger partial charge in [-0.2, -0.15) is 0 Å². The summed E-state index contributed by atoms with van der Waals surface area (Å²) < 4.78 is 0. The average Bonchev–Trinajstić information content (AvgIpc) is 2.35. The first-order valence-corrected chi connectivity index (χ1v) is 7.95. The van der Waals surface area contributed by atoms with Gasteiger partial charge in [0.05, 0.1) is 0 Å². The fourth-order valence-corrected chi connectivity index (χ4v) is 2.56. The van der Waals surface area contributed by atoms with Gasteiger partial charge in [-0.25, -0.2) is 0 Å². The Labute approximate surface area is 114 Å². The maximum Gasteiger partial charge on any atom is 0.0107 e. The lowest BCUT2D eigenvalue weighted by Crippen LogP contribution is -2.39. The lowest BCUT2D eigenvalue weighted by atomic mass is 9.85. The summed E-state index contributed by atoms with van der Waals surface area (Å²) in [6.07, 6.45) is 4.39. The predicted molar refractivity (Wildman–Crippen MR) is 80.1 cm³/mol. The average molecular weight is 255 g/mol. The summed E-state index contributed by atoms with van der Waals surface area (Å²) in [7, 11) is 0. The number of hydrogen-bond donors (Lipinski definition) is 1. The van der Waals surface area contributed by atoms with Crippen molar-refractivity contribution in [2.24, 2.45) is 5.92 Å². The van der Waals surface area contributed by atoms with E-state index in [4.69, 9.17) is 0 Å². The van der Waals surface area contributed by atoms with Crippen LogP contribution in [0.3, 0.4) is 0 Å². The van der Waals surface area contributed by atoms with E-state index in [0.29, 0.717) is 0 Å². The Balaban J connectivity index is 1.97. The first-order chi connectivity index (χ1) is 8.80. The van der Waals surface area contributed by atoms with E-state index < -0.39 is 0 Å². The molecular formula is C15H33N3. The molecule has 0 atom stereocenters. The molecule has 0 amide bonds. The molecule has 1 aliphatic carbocycles. The van der Waals surface area contributed by atoms with Crippen molar-refractivity contribution in [3.8, 4) is 0 Å². The van der Waals surface area contributed by atoms with Gasteiger partial charge >= 0.3 is 0 Å². The summed E-state index contributed by atoms with van der Waals surface area (Å²) in [6, 6.07) is 0. The first-order valence-electron chi connectivity index (χ1n) is 7.95. The molecule has 0 radical (unpaired) electrons. The van der Waals surface area contributed by atoms with Gasteiger partial charge in [0.15, 0.2) is 0 Å². The molecule has 18 heavy (non-hydrogen) atoms. The van der Waals surface area contributed by atoms with Crippen LogP contribution < -0.4 is 5.32 Å². The maximum atomic E-state index is 3.58. The fraction of sp³-hybridized carbons (Fsp3) is 1.00. The SMILES string of the molecule is CCN(CC)CCNCCN(CC)CC1CCC1. The van der Waals surface area contributed by atoms with Crippen LogP contribution >= 0.6 is 0 Å². The van der Waals surface area contributed by atoms with E-state index >= 15 is 0 Å². The standard InChI is InChI=1S/C15H33N3/c1-4-17(5-2)12-10-16-11-13-18(6-3)14-15-8-7-9-15/h15-16H,4-14H2,1-3H3. The number of hydrogen-bond acceptors (Lipinski definition) is 3. The minimum absolute atomic E-state index is 1.00. The molecule has 3 nitrogen and oxygen atoms in total. The lowest BCUT2D eigenvalue weighted by Gasteiger charge is -2.31. The van der Waals surface area contributed by atoms with Crippen molar-refractivity contribution in [2.75, 3.05) is 52.4 Å². The zero-order chi connectivity index (χ0) is 13.2. The number of likely N-dealkylation sites (N-methyl/N-ethyl adjacent to an activating group) is 2. The number of nitrogens with one attached hydrogen (secondary N) is 1. The van der Waals surface area contributed by atoms with E-state index in [0.717, 1.165) is 19.0 Å². The summed E-state index contributed by atoms with van der Waals surface area (Å²) >= 11 is 0. The second kappa shape index (κ2) is 9.76. The Morgan fingerprint density at radius 2 is 1.44 bits per heavy atom. The molecule has 1 fully saturated rings. The van der Waals surface area contributed by atoms with Gasteiger partial charge in [0, 0.05) is 32.7 Å². The van der Waals surface area contributed by atoms with Gasteiger partial charge < -0.3 is 15.1 Å². The van der Waals surface area contributed by atoms with Gasteiger partial charge in [-0.15, -0.1) is 0 Å². The van der Waals surface area contributed by atoms with Crippen LogP contribution in [0.2, 0.25) is 0 Å². The highest BCUT2D eigenvalue weighted by Crippen LogP contribution is 2.26.